The van der Waals surface area contributed by atoms with E-state index in [0.717, 1.165) is 0 Å². The number of methoxy groups -OCH3 is 1. The van der Waals surface area contributed by atoms with E-state index in [1.165, 1.54) is 19.2 Å². The summed E-state index contributed by atoms with van der Waals surface area (Å²) in [4.78, 5) is 22.4. The van der Waals surface area contributed by atoms with E-state index in [0.29, 0.717) is 24.5 Å². The second-order valence-electron chi connectivity index (χ2n) is 4.42. The molecule has 1 N–H and O–H groups in total. The average molecular weight is 301 g/mol. The van der Waals surface area contributed by atoms with Crippen LogP contribution in [0.25, 0.3) is 0 Å². The summed E-state index contributed by atoms with van der Waals surface area (Å²) in [7, 11) is 1.53. The Balaban J connectivity index is 2.88. The number of ether oxygens (including phenoxy) is 1. The third kappa shape index (κ3) is 4.79. The van der Waals surface area contributed by atoms with Gasteiger partial charge in [-0.2, -0.15) is 0 Å². The number of nitro benzene ring substituents is 1. The molecule has 1 atom stereocenters. The van der Waals surface area contributed by atoms with Gasteiger partial charge in [0.25, 0.3) is 11.6 Å². The highest BCUT2D eigenvalue weighted by Gasteiger charge is 2.16. The maximum absolute atomic E-state index is 12.1. The number of alkyl halides is 1. The number of nitrogens with zero attached hydrogens (tertiary/aromatic N) is 1. The van der Waals surface area contributed by atoms with Crippen LogP contribution in [0.2, 0.25) is 0 Å². The fourth-order valence-corrected chi connectivity index (χ4v) is 2.06. The normalized spacial score (nSPS) is 11.9. The Morgan fingerprint density at radius 2 is 2.20 bits per heavy atom. The molecule has 20 heavy (non-hydrogen) atoms. The molecule has 0 saturated heterocycles. The van der Waals surface area contributed by atoms with Crippen LogP contribution in [0.1, 0.15) is 22.3 Å². The van der Waals surface area contributed by atoms with Crippen molar-refractivity contribution in [3.8, 4) is 0 Å². The van der Waals surface area contributed by atoms with Crippen LogP contribution in [0, 0.1) is 17.0 Å². The zero-order valence-electron chi connectivity index (χ0n) is 11.4. The number of aryl methyl sites for hydroxylation is 1. The van der Waals surface area contributed by atoms with Crippen molar-refractivity contribution in [2.75, 3.05) is 19.6 Å². The van der Waals surface area contributed by atoms with E-state index < -0.39 is 4.92 Å². The molecule has 0 saturated carbocycles. The monoisotopic (exact) mass is 300 g/mol. The molecule has 0 spiro atoms. The van der Waals surface area contributed by atoms with Gasteiger partial charge in [-0.15, -0.1) is 11.6 Å². The molecule has 0 aliphatic heterocycles. The highest BCUT2D eigenvalue weighted by atomic mass is 35.5. The van der Waals surface area contributed by atoms with E-state index in [9.17, 15) is 14.9 Å². The van der Waals surface area contributed by atoms with Crippen LogP contribution in [0.15, 0.2) is 18.2 Å². The highest BCUT2D eigenvalue weighted by Crippen LogP contribution is 2.17. The van der Waals surface area contributed by atoms with Gasteiger partial charge in [-0.25, -0.2) is 0 Å². The number of nitro groups is 1. The Kier molecular flexibility index (Phi) is 6.41. The number of non-ortho nitro benzene ring substituents is 1. The minimum Gasteiger partial charge on any atom is -0.383 e. The molecule has 1 aromatic rings. The summed E-state index contributed by atoms with van der Waals surface area (Å²) in [6, 6.07) is 4.06. The largest absolute Gasteiger partial charge is 0.383 e. The quantitative estimate of drug-likeness (QED) is 0.476. The molecule has 0 fully saturated rings. The van der Waals surface area contributed by atoms with E-state index in [4.69, 9.17) is 16.3 Å². The number of nitrogens with one attached hydrogen (secondary N) is 1. The van der Waals surface area contributed by atoms with Crippen LogP contribution < -0.4 is 5.32 Å². The molecule has 0 aliphatic rings. The van der Waals surface area contributed by atoms with Gasteiger partial charge in [0.1, 0.15) is 0 Å². The van der Waals surface area contributed by atoms with Crippen LogP contribution in [0.3, 0.4) is 0 Å². The highest BCUT2D eigenvalue weighted by molar-refractivity contribution is 6.17. The van der Waals surface area contributed by atoms with Crippen LogP contribution in [-0.4, -0.2) is 36.5 Å². The molecule has 0 bridgehead atoms. The molecular weight excluding hydrogens is 284 g/mol. The average Bonchev–Trinajstić information content (AvgIpc) is 2.38. The molecule has 110 valence electrons. The number of amides is 1. The molecule has 0 aromatic heterocycles. The Labute approximate surface area is 122 Å². The first-order valence-corrected chi connectivity index (χ1v) is 6.63. The first-order chi connectivity index (χ1) is 9.47. The molecule has 6 nitrogen and oxygen atoms in total. The van der Waals surface area contributed by atoms with E-state index in [2.05, 4.69) is 5.32 Å². The van der Waals surface area contributed by atoms with Crippen LogP contribution in [-0.2, 0) is 4.74 Å². The fraction of sp³-hybridized carbons (Fsp3) is 0.462. The van der Waals surface area contributed by atoms with Crippen molar-refractivity contribution in [3.05, 3.63) is 39.4 Å². The Morgan fingerprint density at radius 3 is 2.75 bits per heavy atom. The van der Waals surface area contributed by atoms with Gasteiger partial charge in [0, 0.05) is 30.7 Å². The number of halogens is 1. The summed E-state index contributed by atoms with van der Waals surface area (Å²) in [5, 5.41) is 13.5. The van der Waals surface area contributed by atoms with Gasteiger partial charge in [-0.1, -0.05) is 0 Å². The maximum atomic E-state index is 12.1. The molecule has 0 heterocycles. The van der Waals surface area contributed by atoms with Gasteiger partial charge >= 0.3 is 0 Å². The lowest BCUT2D eigenvalue weighted by molar-refractivity contribution is -0.384. The summed E-state index contributed by atoms with van der Waals surface area (Å²) in [6.45, 7) is 2.04. The van der Waals surface area contributed by atoms with Crippen molar-refractivity contribution in [1.29, 1.82) is 0 Å². The van der Waals surface area contributed by atoms with E-state index >= 15 is 0 Å². The fourth-order valence-electron chi connectivity index (χ4n) is 1.80. The van der Waals surface area contributed by atoms with E-state index in [1.54, 1.807) is 13.0 Å². The summed E-state index contributed by atoms with van der Waals surface area (Å²) in [6.07, 6.45) is 0.565. The molecule has 1 amide bonds. The summed E-state index contributed by atoms with van der Waals surface area (Å²) >= 11 is 5.66. The molecule has 0 radical (unpaired) electrons. The number of carbonyl (C=O) groups excluding carboxylic acids is 1. The smallest absolute Gasteiger partial charge is 0.270 e. The molecule has 1 rings (SSSR count). The van der Waals surface area contributed by atoms with Crippen molar-refractivity contribution in [2.24, 2.45) is 0 Å². The predicted molar refractivity (Wildman–Crippen MR) is 76.3 cm³/mol. The Hall–Kier alpha value is -1.66. The Morgan fingerprint density at radius 1 is 1.50 bits per heavy atom. The lowest BCUT2D eigenvalue weighted by Crippen LogP contribution is -2.38. The van der Waals surface area contributed by atoms with E-state index in [1.807, 2.05) is 0 Å². The maximum Gasteiger partial charge on any atom is 0.270 e. The lowest BCUT2D eigenvalue weighted by Gasteiger charge is -2.16. The number of benzene rings is 1. The number of hydrogen-bond donors (Lipinski definition) is 1. The number of carbonyl (C=O) groups is 1. The van der Waals surface area contributed by atoms with Crippen molar-refractivity contribution < 1.29 is 14.5 Å². The summed E-state index contributed by atoms with van der Waals surface area (Å²) in [5.74, 6) is 0.0198. The van der Waals surface area contributed by atoms with Crippen molar-refractivity contribution in [1.82, 2.24) is 5.32 Å². The zero-order chi connectivity index (χ0) is 15.1. The summed E-state index contributed by atoms with van der Waals surface area (Å²) in [5.41, 5.74) is 0.813. The topological polar surface area (TPSA) is 81.5 Å². The van der Waals surface area contributed by atoms with Gasteiger partial charge in [-0.05, 0) is 25.0 Å². The lowest BCUT2D eigenvalue weighted by atomic mass is 10.1. The molecule has 1 aromatic carbocycles. The second-order valence-corrected chi connectivity index (χ2v) is 4.80. The number of rotatable bonds is 7. The molecule has 1 unspecified atom stereocenters. The second kappa shape index (κ2) is 7.81. The first kappa shape index (κ1) is 16.4. The third-order valence-corrected chi connectivity index (χ3v) is 2.91. The minimum absolute atomic E-state index is 0.101. The third-order valence-electron chi connectivity index (χ3n) is 2.70. The molecule has 7 heteroatoms. The standard InChI is InChI=1S/C13H17ClN2O4/c1-9-5-10(7-12(6-9)16(18)19)13(17)15-11(3-4-14)8-20-2/h5-7,11H,3-4,8H2,1-2H3,(H,15,17). The molecular formula is C13H17ClN2O4. The van der Waals surface area contributed by atoms with Gasteiger partial charge in [0.15, 0.2) is 0 Å². The first-order valence-electron chi connectivity index (χ1n) is 6.09. The number of hydrogen-bond acceptors (Lipinski definition) is 4. The van der Waals surface area contributed by atoms with E-state index in [-0.39, 0.29) is 23.2 Å². The van der Waals surface area contributed by atoms with Crippen molar-refractivity contribution in [3.63, 3.8) is 0 Å². The Bertz CT molecular complexity index is 487. The van der Waals surface area contributed by atoms with Gasteiger partial charge in [-0.3, -0.25) is 14.9 Å². The van der Waals surface area contributed by atoms with Crippen LogP contribution >= 0.6 is 11.6 Å². The van der Waals surface area contributed by atoms with Gasteiger partial charge in [0.2, 0.25) is 0 Å². The van der Waals surface area contributed by atoms with Crippen LogP contribution in [0.5, 0.6) is 0 Å². The SMILES string of the molecule is COCC(CCCl)NC(=O)c1cc(C)cc([N+](=O)[O-])c1. The predicted octanol–water partition coefficient (Wildman–Crippen LogP) is 2.28. The van der Waals surface area contributed by atoms with Crippen LogP contribution in [0.4, 0.5) is 5.69 Å². The van der Waals surface area contributed by atoms with Crippen molar-refractivity contribution in [2.45, 2.75) is 19.4 Å². The summed E-state index contributed by atoms with van der Waals surface area (Å²) < 4.78 is 5.00. The minimum atomic E-state index is -0.519. The molecule has 0 aliphatic carbocycles. The zero-order valence-corrected chi connectivity index (χ0v) is 12.1. The van der Waals surface area contributed by atoms with Gasteiger partial charge in [0.05, 0.1) is 17.6 Å². The van der Waals surface area contributed by atoms with Crippen molar-refractivity contribution >= 4 is 23.2 Å². The van der Waals surface area contributed by atoms with Gasteiger partial charge < -0.3 is 10.1 Å².